The van der Waals surface area contributed by atoms with Crippen LogP contribution in [0.5, 0.6) is 23.0 Å². The molecule has 47 heavy (non-hydrogen) atoms. The standard InChI is InChI=1S/C40H44N2O5/c1-44-35-17-13-32(14-18-35)38(33-15-19-36(45-2)20-16-33)23-24-42(26-30-9-5-3-6-10-30)27-34(43)29-46-37-21-22-40(39(41)25-37)47-28-31-11-7-4-8-12-31/h3-22,25,34,38,43H,23-24,26-29,41H2,1-2H3/t34-/m1/s1. The summed E-state index contributed by atoms with van der Waals surface area (Å²) in [4.78, 5) is 2.29. The van der Waals surface area contributed by atoms with E-state index in [9.17, 15) is 5.11 Å². The molecular weight excluding hydrogens is 588 g/mol. The first kappa shape index (κ1) is 33.4. The third-order valence-corrected chi connectivity index (χ3v) is 8.15. The highest BCUT2D eigenvalue weighted by atomic mass is 16.5. The number of aliphatic hydroxyl groups is 1. The van der Waals surface area contributed by atoms with Gasteiger partial charge in [0.1, 0.15) is 42.3 Å². The first-order valence-corrected chi connectivity index (χ1v) is 15.9. The van der Waals surface area contributed by atoms with E-state index in [1.807, 2.05) is 78.9 Å². The maximum Gasteiger partial charge on any atom is 0.142 e. The van der Waals surface area contributed by atoms with Crippen molar-refractivity contribution in [2.75, 3.05) is 39.6 Å². The Kier molecular flexibility index (Phi) is 12.1. The summed E-state index contributed by atoms with van der Waals surface area (Å²) in [5.41, 5.74) is 11.4. The summed E-state index contributed by atoms with van der Waals surface area (Å²) in [5, 5.41) is 11.2. The molecule has 0 bridgehead atoms. The van der Waals surface area contributed by atoms with Gasteiger partial charge < -0.3 is 29.8 Å². The van der Waals surface area contributed by atoms with E-state index < -0.39 is 6.10 Å². The van der Waals surface area contributed by atoms with Crippen molar-refractivity contribution in [3.8, 4) is 23.0 Å². The molecule has 0 saturated carbocycles. The number of hydrogen-bond donors (Lipinski definition) is 2. The van der Waals surface area contributed by atoms with Crippen molar-refractivity contribution in [2.45, 2.75) is 31.6 Å². The summed E-state index contributed by atoms with van der Waals surface area (Å²) in [6, 6.07) is 42.2. The number of benzene rings is 5. The first-order chi connectivity index (χ1) is 23.0. The molecule has 244 valence electrons. The highest BCUT2D eigenvalue weighted by Gasteiger charge is 2.19. The molecular formula is C40H44N2O5. The molecule has 0 aromatic heterocycles. The molecule has 0 radical (unpaired) electrons. The fourth-order valence-electron chi connectivity index (χ4n) is 5.61. The van der Waals surface area contributed by atoms with Gasteiger partial charge in [0, 0.05) is 25.1 Å². The van der Waals surface area contributed by atoms with Crippen LogP contribution in [0, 0.1) is 0 Å². The SMILES string of the molecule is COc1ccc(C(CCN(Cc2ccccc2)C[C@@H](O)COc2ccc(OCc3ccccc3)c(N)c2)c2ccc(OC)cc2)cc1. The molecule has 1 atom stereocenters. The van der Waals surface area contributed by atoms with Crippen molar-refractivity contribution in [3.63, 3.8) is 0 Å². The average molecular weight is 633 g/mol. The minimum atomic E-state index is -0.714. The maximum absolute atomic E-state index is 11.2. The molecule has 0 unspecified atom stereocenters. The van der Waals surface area contributed by atoms with Crippen molar-refractivity contribution in [2.24, 2.45) is 0 Å². The third kappa shape index (κ3) is 10.0. The van der Waals surface area contributed by atoms with E-state index in [0.29, 0.717) is 36.9 Å². The molecule has 5 aromatic rings. The van der Waals surface area contributed by atoms with Crippen LogP contribution in [0.2, 0.25) is 0 Å². The normalized spacial score (nSPS) is 11.8. The number of methoxy groups -OCH3 is 2. The van der Waals surface area contributed by atoms with Crippen LogP contribution < -0.4 is 24.7 Å². The molecule has 0 saturated heterocycles. The van der Waals surface area contributed by atoms with Crippen molar-refractivity contribution >= 4 is 5.69 Å². The summed E-state index contributed by atoms with van der Waals surface area (Å²) in [6.45, 7) is 2.47. The van der Waals surface area contributed by atoms with Gasteiger partial charge in [-0.3, -0.25) is 4.90 Å². The lowest BCUT2D eigenvalue weighted by atomic mass is 9.88. The Morgan fingerprint density at radius 1 is 0.660 bits per heavy atom. The molecule has 5 rings (SSSR count). The minimum absolute atomic E-state index is 0.134. The number of nitrogen functional groups attached to an aromatic ring is 1. The number of nitrogens with two attached hydrogens (primary N) is 1. The monoisotopic (exact) mass is 632 g/mol. The van der Waals surface area contributed by atoms with Gasteiger partial charge in [-0.05, 0) is 71.6 Å². The third-order valence-electron chi connectivity index (χ3n) is 8.15. The van der Waals surface area contributed by atoms with Crippen LogP contribution in [0.25, 0.3) is 0 Å². The predicted octanol–water partition coefficient (Wildman–Crippen LogP) is 7.33. The second kappa shape index (κ2) is 17.1. The number of anilines is 1. The van der Waals surface area contributed by atoms with Crippen LogP contribution in [0.3, 0.4) is 0 Å². The molecule has 7 nitrogen and oxygen atoms in total. The molecule has 5 aromatic carbocycles. The van der Waals surface area contributed by atoms with E-state index in [0.717, 1.165) is 30.0 Å². The molecule has 0 spiro atoms. The molecule has 3 N–H and O–H groups in total. The molecule has 7 heteroatoms. The van der Waals surface area contributed by atoms with Crippen LogP contribution in [0.4, 0.5) is 5.69 Å². The zero-order valence-electron chi connectivity index (χ0n) is 27.1. The van der Waals surface area contributed by atoms with E-state index in [1.165, 1.54) is 16.7 Å². The fraction of sp³-hybridized carbons (Fsp3) is 0.250. The number of nitrogens with zero attached hydrogens (tertiary/aromatic N) is 1. The number of rotatable bonds is 17. The van der Waals surface area contributed by atoms with E-state index in [1.54, 1.807) is 26.4 Å². The largest absolute Gasteiger partial charge is 0.497 e. The Bertz CT molecular complexity index is 1580. The van der Waals surface area contributed by atoms with Crippen LogP contribution in [0.15, 0.2) is 127 Å². The van der Waals surface area contributed by atoms with Crippen molar-refractivity contribution in [1.82, 2.24) is 4.90 Å². The Balaban J connectivity index is 1.24. The summed E-state index contributed by atoms with van der Waals surface area (Å²) in [7, 11) is 3.36. The van der Waals surface area contributed by atoms with Gasteiger partial charge in [0.05, 0.1) is 19.9 Å². The number of hydrogen-bond acceptors (Lipinski definition) is 7. The molecule has 0 heterocycles. The smallest absolute Gasteiger partial charge is 0.142 e. The highest BCUT2D eigenvalue weighted by Crippen LogP contribution is 2.31. The van der Waals surface area contributed by atoms with E-state index in [4.69, 9.17) is 24.7 Å². The molecule has 0 aliphatic carbocycles. The van der Waals surface area contributed by atoms with Gasteiger partial charge in [0.15, 0.2) is 0 Å². The lowest BCUT2D eigenvalue weighted by Crippen LogP contribution is -2.36. The van der Waals surface area contributed by atoms with Gasteiger partial charge in [-0.2, -0.15) is 0 Å². The van der Waals surface area contributed by atoms with Crippen LogP contribution in [-0.2, 0) is 13.2 Å². The summed E-state index contributed by atoms with van der Waals surface area (Å²) >= 11 is 0. The van der Waals surface area contributed by atoms with Crippen molar-refractivity contribution in [3.05, 3.63) is 150 Å². The molecule has 0 amide bonds. The maximum atomic E-state index is 11.2. The zero-order valence-corrected chi connectivity index (χ0v) is 27.1. The predicted molar refractivity (Wildman–Crippen MR) is 187 cm³/mol. The van der Waals surface area contributed by atoms with Gasteiger partial charge in [-0.1, -0.05) is 84.9 Å². The first-order valence-electron chi connectivity index (χ1n) is 15.9. The Hall–Kier alpha value is -4.98. The van der Waals surface area contributed by atoms with Gasteiger partial charge in [-0.25, -0.2) is 0 Å². The number of aliphatic hydroxyl groups excluding tert-OH is 1. The minimum Gasteiger partial charge on any atom is -0.497 e. The van der Waals surface area contributed by atoms with Gasteiger partial charge in [0.2, 0.25) is 0 Å². The fourth-order valence-corrected chi connectivity index (χ4v) is 5.61. The van der Waals surface area contributed by atoms with E-state index in [2.05, 4.69) is 41.3 Å². The second-order valence-electron chi connectivity index (χ2n) is 11.5. The molecule has 0 aliphatic rings. The van der Waals surface area contributed by atoms with E-state index >= 15 is 0 Å². The van der Waals surface area contributed by atoms with Gasteiger partial charge >= 0.3 is 0 Å². The van der Waals surface area contributed by atoms with Crippen LogP contribution >= 0.6 is 0 Å². The summed E-state index contributed by atoms with van der Waals surface area (Å²) in [5.74, 6) is 2.98. The van der Waals surface area contributed by atoms with Crippen molar-refractivity contribution in [1.29, 1.82) is 0 Å². The van der Waals surface area contributed by atoms with Gasteiger partial charge in [0.25, 0.3) is 0 Å². The topological polar surface area (TPSA) is 86.4 Å². The summed E-state index contributed by atoms with van der Waals surface area (Å²) in [6.07, 6.45) is 0.134. The van der Waals surface area contributed by atoms with E-state index in [-0.39, 0.29) is 12.5 Å². The Morgan fingerprint density at radius 3 is 1.77 bits per heavy atom. The van der Waals surface area contributed by atoms with Crippen LogP contribution in [0.1, 0.15) is 34.6 Å². The Morgan fingerprint density at radius 2 is 1.21 bits per heavy atom. The Labute approximate surface area is 278 Å². The molecule has 0 fully saturated rings. The summed E-state index contributed by atoms with van der Waals surface area (Å²) < 4.78 is 22.7. The lowest BCUT2D eigenvalue weighted by molar-refractivity contribution is 0.0647. The highest BCUT2D eigenvalue weighted by molar-refractivity contribution is 5.56. The molecule has 0 aliphatic heterocycles. The van der Waals surface area contributed by atoms with Gasteiger partial charge in [-0.15, -0.1) is 0 Å². The average Bonchev–Trinajstić information content (AvgIpc) is 3.11. The quantitative estimate of drug-likeness (QED) is 0.104. The lowest BCUT2D eigenvalue weighted by Gasteiger charge is -2.28. The van der Waals surface area contributed by atoms with Crippen molar-refractivity contribution < 1.29 is 24.1 Å². The number of ether oxygens (including phenoxy) is 4. The van der Waals surface area contributed by atoms with Crippen LogP contribution in [-0.4, -0.2) is 50.0 Å². The zero-order chi connectivity index (χ0) is 32.8. The second-order valence-corrected chi connectivity index (χ2v) is 11.5.